The van der Waals surface area contributed by atoms with Crippen molar-refractivity contribution in [3.63, 3.8) is 0 Å². The summed E-state index contributed by atoms with van der Waals surface area (Å²) in [6.45, 7) is 9.33. The van der Waals surface area contributed by atoms with Crippen LogP contribution in [0.3, 0.4) is 0 Å². The van der Waals surface area contributed by atoms with E-state index in [4.69, 9.17) is 4.74 Å². The Hall–Kier alpha value is -3.67. The molecule has 1 unspecified atom stereocenters. The maximum absolute atomic E-state index is 14.6. The normalized spacial score (nSPS) is 11.8. The summed E-state index contributed by atoms with van der Waals surface area (Å²) >= 11 is 0. The summed E-state index contributed by atoms with van der Waals surface area (Å²) < 4.78 is 20.6. The minimum atomic E-state index is -0.842. The third-order valence-corrected chi connectivity index (χ3v) is 6.12. The minimum absolute atomic E-state index is 0.0519. The molecule has 0 aromatic heterocycles. The molecule has 0 heterocycles. The molecule has 0 saturated carbocycles. The molecule has 0 fully saturated rings. The van der Waals surface area contributed by atoms with E-state index in [9.17, 15) is 14.0 Å². The van der Waals surface area contributed by atoms with E-state index < -0.39 is 17.8 Å². The van der Waals surface area contributed by atoms with Crippen molar-refractivity contribution in [3.05, 3.63) is 100 Å². The second-order valence-corrected chi connectivity index (χ2v) is 9.48. The van der Waals surface area contributed by atoms with Gasteiger partial charge in [0.2, 0.25) is 5.91 Å². The van der Waals surface area contributed by atoms with Crippen LogP contribution in [-0.2, 0) is 22.6 Å². The quantitative estimate of drug-likeness (QED) is 0.420. The third-order valence-electron chi connectivity index (χ3n) is 6.12. The Labute approximate surface area is 213 Å². The molecular formula is C30H35FN2O3. The van der Waals surface area contributed by atoms with Crippen LogP contribution in [0.1, 0.15) is 41.7 Å². The number of rotatable bonds is 10. The van der Waals surface area contributed by atoms with Gasteiger partial charge in [0.05, 0.1) is 0 Å². The smallest absolute Gasteiger partial charge is 0.261 e. The van der Waals surface area contributed by atoms with E-state index in [0.29, 0.717) is 17.7 Å². The molecular weight excluding hydrogens is 455 g/mol. The molecule has 2 amide bonds. The van der Waals surface area contributed by atoms with Crippen LogP contribution in [0, 0.1) is 26.6 Å². The highest BCUT2D eigenvalue weighted by atomic mass is 19.1. The van der Waals surface area contributed by atoms with Crippen molar-refractivity contribution >= 4 is 11.8 Å². The van der Waals surface area contributed by atoms with Gasteiger partial charge in [-0.25, -0.2) is 4.39 Å². The molecule has 0 saturated heterocycles. The van der Waals surface area contributed by atoms with E-state index in [1.807, 2.05) is 71.0 Å². The van der Waals surface area contributed by atoms with E-state index in [1.165, 1.54) is 11.0 Å². The Morgan fingerprint density at radius 2 is 1.64 bits per heavy atom. The molecule has 3 rings (SSSR count). The van der Waals surface area contributed by atoms with Gasteiger partial charge >= 0.3 is 0 Å². The van der Waals surface area contributed by atoms with Crippen molar-refractivity contribution < 1.29 is 18.7 Å². The summed E-state index contributed by atoms with van der Waals surface area (Å²) in [7, 11) is 0. The van der Waals surface area contributed by atoms with Gasteiger partial charge in [-0.3, -0.25) is 9.59 Å². The molecule has 0 aliphatic carbocycles. The standard InChI is InChI=1S/C30H35FN2O3/c1-20(2)32-30(35)27(17-24-11-7-6-8-12-24)33(18-25-13-9-10-14-26(25)31)29(34)19-36-28-16-21(3)15-22(4)23(28)5/h6-16,20,27H,17-19H2,1-5H3,(H,32,35). The number of amides is 2. The van der Waals surface area contributed by atoms with Crippen LogP contribution >= 0.6 is 0 Å². The van der Waals surface area contributed by atoms with E-state index >= 15 is 0 Å². The maximum Gasteiger partial charge on any atom is 0.261 e. The number of hydrogen-bond acceptors (Lipinski definition) is 3. The molecule has 0 radical (unpaired) electrons. The Morgan fingerprint density at radius 1 is 0.972 bits per heavy atom. The molecule has 1 atom stereocenters. The summed E-state index contributed by atoms with van der Waals surface area (Å²) in [6, 6.07) is 18.8. The minimum Gasteiger partial charge on any atom is -0.483 e. The highest BCUT2D eigenvalue weighted by Gasteiger charge is 2.31. The fourth-order valence-corrected chi connectivity index (χ4v) is 4.12. The zero-order valence-electron chi connectivity index (χ0n) is 21.7. The summed E-state index contributed by atoms with van der Waals surface area (Å²) in [5.74, 6) is -0.486. The zero-order chi connectivity index (χ0) is 26.2. The van der Waals surface area contributed by atoms with Crippen molar-refractivity contribution in [3.8, 4) is 5.75 Å². The molecule has 6 heteroatoms. The second kappa shape index (κ2) is 12.3. The lowest BCUT2D eigenvalue weighted by Crippen LogP contribution is -2.53. The average Bonchev–Trinajstić information content (AvgIpc) is 2.83. The topological polar surface area (TPSA) is 58.6 Å². The molecule has 1 N–H and O–H groups in total. The molecule has 36 heavy (non-hydrogen) atoms. The Bertz CT molecular complexity index is 1190. The molecule has 0 bridgehead atoms. The van der Waals surface area contributed by atoms with Crippen LogP contribution in [0.2, 0.25) is 0 Å². The number of halogens is 1. The Kier molecular flexibility index (Phi) is 9.23. The summed E-state index contributed by atoms with van der Waals surface area (Å²) in [5.41, 5.74) is 4.29. The van der Waals surface area contributed by atoms with Gasteiger partial charge in [-0.1, -0.05) is 54.6 Å². The number of carbonyl (C=O) groups is 2. The predicted molar refractivity (Wildman–Crippen MR) is 140 cm³/mol. The van der Waals surface area contributed by atoms with Gasteiger partial charge < -0.3 is 15.0 Å². The highest BCUT2D eigenvalue weighted by Crippen LogP contribution is 2.24. The fourth-order valence-electron chi connectivity index (χ4n) is 4.12. The summed E-state index contributed by atoms with van der Waals surface area (Å²) in [5, 5.41) is 2.93. The van der Waals surface area contributed by atoms with Crippen LogP contribution in [0.4, 0.5) is 4.39 Å². The lowest BCUT2D eigenvalue weighted by molar-refractivity contribution is -0.143. The molecule has 0 spiro atoms. The maximum atomic E-state index is 14.6. The van der Waals surface area contributed by atoms with Crippen LogP contribution in [0.25, 0.3) is 0 Å². The molecule has 0 aliphatic heterocycles. The van der Waals surface area contributed by atoms with Gasteiger partial charge in [0.1, 0.15) is 17.6 Å². The van der Waals surface area contributed by atoms with Gasteiger partial charge in [-0.15, -0.1) is 0 Å². The SMILES string of the molecule is Cc1cc(C)c(C)c(OCC(=O)N(Cc2ccccc2F)C(Cc2ccccc2)C(=O)NC(C)C)c1. The zero-order valence-corrected chi connectivity index (χ0v) is 21.7. The number of nitrogens with one attached hydrogen (secondary N) is 1. The molecule has 3 aromatic carbocycles. The number of hydrogen-bond donors (Lipinski definition) is 1. The number of ether oxygens (including phenoxy) is 1. The summed E-state index contributed by atoms with van der Waals surface area (Å²) in [6.07, 6.45) is 0.294. The van der Waals surface area contributed by atoms with Crippen molar-refractivity contribution in [1.82, 2.24) is 10.2 Å². The first kappa shape index (κ1) is 26.9. The molecule has 5 nitrogen and oxygen atoms in total. The van der Waals surface area contributed by atoms with Gasteiger partial charge in [0, 0.05) is 24.6 Å². The monoisotopic (exact) mass is 490 g/mol. The van der Waals surface area contributed by atoms with Gasteiger partial charge in [0.25, 0.3) is 5.91 Å². The second-order valence-electron chi connectivity index (χ2n) is 9.48. The van der Waals surface area contributed by atoms with E-state index in [0.717, 1.165) is 22.3 Å². The first-order valence-corrected chi connectivity index (χ1v) is 12.2. The molecule has 190 valence electrons. The van der Waals surface area contributed by atoms with Crippen molar-refractivity contribution in [2.75, 3.05) is 6.61 Å². The van der Waals surface area contributed by atoms with Crippen molar-refractivity contribution in [2.24, 2.45) is 0 Å². The molecule has 3 aromatic rings. The van der Waals surface area contributed by atoms with Gasteiger partial charge in [0.15, 0.2) is 6.61 Å². The first-order chi connectivity index (χ1) is 17.2. The van der Waals surface area contributed by atoms with E-state index in [1.54, 1.807) is 18.2 Å². The predicted octanol–water partition coefficient (Wildman–Crippen LogP) is 5.29. The lowest BCUT2D eigenvalue weighted by atomic mass is 10.0. The highest BCUT2D eigenvalue weighted by molar-refractivity contribution is 5.88. The lowest BCUT2D eigenvalue weighted by Gasteiger charge is -2.32. The van der Waals surface area contributed by atoms with Crippen LogP contribution in [-0.4, -0.2) is 35.4 Å². The molecule has 0 aliphatic rings. The van der Waals surface area contributed by atoms with E-state index in [2.05, 4.69) is 11.4 Å². The number of nitrogens with zero attached hydrogens (tertiary/aromatic N) is 1. The van der Waals surface area contributed by atoms with Crippen LogP contribution in [0.15, 0.2) is 66.7 Å². The Balaban J connectivity index is 1.95. The van der Waals surface area contributed by atoms with Crippen LogP contribution < -0.4 is 10.1 Å². The third kappa shape index (κ3) is 7.17. The number of benzene rings is 3. The van der Waals surface area contributed by atoms with Gasteiger partial charge in [-0.2, -0.15) is 0 Å². The first-order valence-electron chi connectivity index (χ1n) is 12.2. The largest absolute Gasteiger partial charge is 0.483 e. The van der Waals surface area contributed by atoms with E-state index in [-0.39, 0.29) is 25.1 Å². The van der Waals surface area contributed by atoms with Gasteiger partial charge in [-0.05, 0) is 69.0 Å². The number of aryl methyl sites for hydroxylation is 2. The fraction of sp³-hybridized carbons (Fsp3) is 0.333. The van der Waals surface area contributed by atoms with Crippen molar-refractivity contribution in [1.29, 1.82) is 0 Å². The summed E-state index contributed by atoms with van der Waals surface area (Å²) in [4.78, 5) is 28.4. The average molecular weight is 491 g/mol. The van der Waals surface area contributed by atoms with Crippen molar-refractivity contribution in [2.45, 2.75) is 59.7 Å². The Morgan fingerprint density at radius 3 is 2.31 bits per heavy atom. The number of carbonyl (C=O) groups excluding carboxylic acids is 2. The van der Waals surface area contributed by atoms with Crippen LogP contribution in [0.5, 0.6) is 5.75 Å².